The van der Waals surface area contributed by atoms with Crippen molar-refractivity contribution >= 4 is 35.8 Å². The van der Waals surface area contributed by atoms with Gasteiger partial charge in [-0.25, -0.2) is 4.39 Å². The van der Waals surface area contributed by atoms with Crippen molar-refractivity contribution in [2.24, 2.45) is 4.99 Å². The number of benzene rings is 2. The molecule has 0 saturated carbocycles. The monoisotopic (exact) mass is 569 g/mol. The van der Waals surface area contributed by atoms with Gasteiger partial charge in [-0.1, -0.05) is 24.3 Å². The summed E-state index contributed by atoms with van der Waals surface area (Å²) in [6.45, 7) is 4.09. The second-order valence-corrected chi connectivity index (χ2v) is 7.92. The minimum absolute atomic E-state index is 0. The fourth-order valence-corrected chi connectivity index (χ4v) is 3.68. The summed E-state index contributed by atoms with van der Waals surface area (Å²) < 4.78 is 19.4. The van der Waals surface area contributed by atoms with Crippen LogP contribution in [-0.2, 0) is 11.3 Å². The van der Waals surface area contributed by atoms with Crippen molar-refractivity contribution in [3.8, 4) is 0 Å². The van der Waals surface area contributed by atoms with E-state index in [4.69, 9.17) is 4.74 Å². The lowest BCUT2D eigenvalue weighted by Gasteiger charge is -2.35. The Bertz CT molecular complexity index is 917. The number of carbonyl (C=O) groups is 1. The number of halogens is 2. The molecule has 180 valence electrons. The number of carbonyl (C=O) groups excluding carboxylic acids is 1. The highest BCUT2D eigenvalue weighted by Crippen LogP contribution is 2.22. The Morgan fingerprint density at radius 3 is 2.45 bits per heavy atom. The topological polar surface area (TPSA) is 69.2 Å². The van der Waals surface area contributed by atoms with Crippen LogP contribution in [0, 0.1) is 5.82 Å². The molecular weight excluding hydrogens is 536 g/mol. The third-order valence-corrected chi connectivity index (χ3v) is 5.47. The molecule has 0 radical (unpaired) electrons. The number of aliphatic imine (C=N–C) groups is 1. The van der Waals surface area contributed by atoms with E-state index in [1.807, 2.05) is 30.3 Å². The molecule has 1 aliphatic heterocycles. The third kappa shape index (κ3) is 7.94. The second kappa shape index (κ2) is 13.5. The molecule has 2 aromatic rings. The van der Waals surface area contributed by atoms with Crippen LogP contribution in [0.4, 0.5) is 4.39 Å². The fourth-order valence-electron chi connectivity index (χ4n) is 3.68. The highest BCUT2D eigenvalue weighted by molar-refractivity contribution is 14.0. The summed E-state index contributed by atoms with van der Waals surface area (Å²) in [5.74, 6) is 0.404. The number of morpholine rings is 1. The smallest absolute Gasteiger partial charge is 0.253 e. The van der Waals surface area contributed by atoms with E-state index in [-0.39, 0.29) is 41.7 Å². The van der Waals surface area contributed by atoms with Crippen molar-refractivity contribution in [2.45, 2.75) is 12.6 Å². The summed E-state index contributed by atoms with van der Waals surface area (Å²) in [6.07, 6.45) is 0. The SMILES string of the molecule is CN=C(NCc1ccc(C(=O)N(C)C)cc1)NCC(c1cccc(F)c1)N1CCOCC1.I. The van der Waals surface area contributed by atoms with Gasteiger partial charge in [0.15, 0.2) is 5.96 Å². The van der Waals surface area contributed by atoms with Crippen molar-refractivity contribution in [1.29, 1.82) is 0 Å². The zero-order valence-corrected chi connectivity index (χ0v) is 21.7. The zero-order valence-electron chi connectivity index (χ0n) is 19.4. The molecule has 33 heavy (non-hydrogen) atoms. The third-order valence-electron chi connectivity index (χ3n) is 5.47. The first kappa shape index (κ1) is 27.0. The lowest BCUT2D eigenvalue weighted by Crippen LogP contribution is -2.46. The predicted octanol–water partition coefficient (Wildman–Crippen LogP) is 2.88. The molecule has 1 heterocycles. The van der Waals surface area contributed by atoms with Crippen molar-refractivity contribution < 1.29 is 13.9 Å². The summed E-state index contributed by atoms with van der Waals surface area (Å²) in [5, 5.41) is 6.68. The van der Waals surface area contributed by atoms with Gasteiger partial charge in [-0.3, -0.25) is 14.7 Å². The van der Waals surface area contributed by atoms with Gasteiger partial charge in [0.2, 0.25) is 0 Å². The van der Waals surface area contributed by atoms with E-state index in [0.29, 0.717) is 37.8 Å². The molecular formula is C24H33FIN5O2. The van der Waals surface area contributed by atoms with Crippen LogP contribution in [-0.4, -0.2) is 75.7 Å². The van der Waals surface area contributed by atoms with E-state index in [2.05, 4.69) is 20.5 Å². The van der Waals surface area contributed by atoms with Gasteiger partial charge in [0.05, 0.1) is 19.3 Å². The molecule has 1 amide bonds. The molecule has 1 unspecified atom stereocenters. The first-order chi connectivity index (χ1) is 15.5. The van der Waals surface area contributed by atoms with Crippen molar-refractivity contribution in [2.75, 3.05) is 54.0 Å². The number of hydrogen-bond donors (Lipinski definition) is 2. The molecule has 1 atom stereocenters. The summed E-state index contributed by atoms with van der Waals surface area (Å²) in [7, 11) is 5.20. The molecule has 7 nitrogen and oxygen atoms in total. The number of hydrogen-bond acceptors (Lipinski definition) is 4. The standard InChI is InChI=1S/C24H32FN5O2.HI/c1-26-24(27-16-18-7-9-19(10-8-18)23(31)29(2)3)28-17-22(30-11-13-32-14-12-30)20-5-4-6-21(25)15-20;/h4-10,15,22H,11-14,16-17H2,1-3H3,(H2,26,27,28);1H. The van der Waals surface area contributed by atoms with Crippen molar-refractivity contribution in [3.05, 3.63) is 71.0 Å². The van der Waals surface area contributed by atoms with E-state index in [1.54, 1.807) is 38.2 Å². The molecule has 1 fully saturated rings. The number of nitrogens with zero attached hydrogens (tertiary/aromatic N) is 3. The largest absolute Gasteiger partial charge is 0.379 e. The quantitative estimate of drug-likeness (QED) is 0.305. The lowest BCUT2D eigenvalue weighted by atomic mass is 10.0. The molecule has 1 aliphatic rings. The summed E-state index contributed by atoms with van der Waals surface area (Å²) in [5.41, 5.74) is 2.62. The maximum Gasteiger partial charge on any atom is 0.253 e. The molecule has 0 aliphatic carbocycles. The van der Waals surface area contributed by atoms with Gasteiger partial charge in [0.1, 0.15) is 5.82 Å². The van der Waals surface area contributed by atoms with Crippen LogP contribution in [0.3, 0.4) is 0 Å². The molecule has 2 N–H and O–H groups in total. The molecule has 0 bridgehead atoms. The normalized spacial score (nSPS) is 15.3. The Morgan fingerprint density at radius 2 is 1.85 bits per heavy atom. The number of guanidine groups is 1. The van der Waals surface area contributed by atoms with Crippen LogP contribution in [0.2, 0.25) is 0 Å². The highest BCUT2D eigenvalue weighted by atomic mass is 127. The van der Waals surface area contributed by atoms with E-state index in [1.165, 1.54) is 6.07 Å². The Balaban J connectivity index is 0.00000385. The predicted molar refractivity (Wildman–Crippen MR) is 140 cm³/mol. The molecule has 0 spiro atoms. The molecule has 3 rings (SSSR count). The average Bonchev–Trinajstić information content (AvgIpc) is 2.81. The lowest BCUT2D eigenvalue weighted by molar-refractivity contribution is 0.0169. The zero-order chi connectivity index (χ0) is 22.9. The summed E-state index contributed by atoms with van der Waals surface area (Å²) >= 11 is 0. The van der Waals surface area contributed by atoms with E-state index in [0.717, 1.165) is 24.2 Å². The van der Waals surface area contributed by atoms with Crippen molar-refractivity contribution in [1.82, 2.24) is 20.4 Å². The molecule has 0 aromatic heterocycles. The Morgan fingerprint density at radius 1 is 1.15 bits per heavy atom. The number of ether oxygens (including phenoxy) is 1. The molecule has 1 saturated heterocycles. The average molecular weight is 569 g/mol. The second-order valence-electron chi connectivity index (χ2n) is 7.92. The number of amides is 1. The minimum Gasteiger partial charge on any atom is -0.379 e. The number of nitrogens with one attached hydrogen (secondary N) is 2. The maximum absolute atomic E-state index is 13.9. The maximum atomic E-state index is 13.9. The fraction of sp³-hybridized carbons (Fsp3) is 0.417. The number of rotatable bonds is 7. The van der Waals surface area contributed by atoms with Gasteiger partial charge >= 0.3 is 0 Å². The Labute approximate surface area is 212 Å². The highest BCUT2D eigenvalue weighted by Gasteiger charge is 2.23. The molecule has 9 heteroatoms. The summed E-state index contributed by atoms with van der Waals surface area (Å²) in [4.78, 5) is 20.2. The Hall–Kier alpha value is -2.24. The van der Waals surface area contributed by atoms with Crippen LogP contribution in [0.5, 0.6) is 0 Å². The van der Waals surface area contributed by atoms with Crippen LogP contribution < -0.4 is 10.6 Å². The van der Waals surface area contributed by atoms with Crippen LogP contribution >= 0.6 is 24.0 Å². The summed E-state index contributed by atoms with van der Waals surface area (Å²) in [6, 6.07) is 14.3. The van der Waals surface area contributed by atoms with Crippen LogP contribution in [0.15, 0.2) is 53.5 Å². The van der Waals surface area contributed by atoms with Crippen molar-refractivity contribution in [3.63, 3.8) is 0 Å². The Kier molecular flexibility index (Phi) is 11.0. The van der Waals surface area contributed by atoms with Crippen LogP contribution in [0.25, 0.3) is 0 Å². The van der Waals surface area contributed by atoms with Gasteiger partial charge in [0.25, 0.3) is 5.91 Å². The van der Waals surface area contributed by atoms with Crippen LogP contribution in [0.1, 0.15) is 27.5 Å². The molecule has 2 aromatic carbocycles. The van der Waals surface area contributed by atoms with Gasteiger partial charge in [0, 0.05) is 52.9 Å². The van der Waals surface area contributed by atoms with Gasteiger partial charge in [-0.2, -0.15) is 0 Å². The van der Waals surface area contributed by atoms with Gasteiger partial charge in [-0.05, 0) is 35.4 Å². The van der Waals surface area contributed by atoms with E-state index in [9.17, 15) is 9.18 Å². The first-order valence-corrected chi connectivity index (χ1v) is 10.8. The first-order valence-electron chi connectivity index (χ1n) is 10.8. The van der Waals surface area contributed by atoms with Gasteiger partial charge in [-0.15, -0.1) is 24.0 Å². The van der Waals surface area contributed by atoms with E-state index >= 15 is 0 Å². The van der Waals surface area contributed by atoms with Gasteiger partial charge < -0.3 is 20.3 Å². The minimum atomic E-state index is -0.237. The van der Waals surface area contributed by atoms with E-state index < -0.39 is 0 Å².